The largest absolute Gasteiger partial charge is 0.481 e. The van der Waals surface area contributed by atoms with Crippen LogP contribution in [0.3, 0.4) is 0 Å². The van der Waals surface area contributed by atoms with Crippen LogP contribution in [-0.4, -0.2) is 46.4 Å². The van der Waals surface area contributed by atoms with Gasteiger partial charge in [0, 0.05) is 0 Å². The molecule has 1 aliphatic rings. The number of carbonyl (C=O) groups is 2. The fraction of sp³-hybridized carbons (Fsp3) is 0.400. The first-order valence-corrected chi connectivity index (χ1v) is 5.56. The highest BCUT2D eigenvalue weighted by atomic mass is 35.5. The Balaban J connectivity index is 2.03. The number of halogens is 1. The van der Waals surface area contributed by atoms with E-state index in [-0.39, 0.29) is 24.1 Å². The molecule has 1 saturated heterocycles. The van der Waals surface area contributed by atoms with Crippen LogP contribution in [0.5, 0.6) is 0 Å². The summed E-state index contributed by atoms with van der Waals surface area (Å²) in [5, 5.41) is 18.8. The molecule has 1 aromatic rings. The number of aromatic nitrogens is 2. The molecule has 2 rings (SSSR count). The summed E-state index contributed by atoms with van der Waals surface area (Å²) in [5.41, 5.74) is 0.0791. The number of amides is 1. The topological polar surface area (TPSA) is 101 Å². The number of hydrogen-bond donors (Lipinski definition) is 2. The molecule has 7 nitrogen and oxygen atoms in total. The van der Waals surface area contributed by atoms with Crippen LogP contribution in [-0.2, 0) is 9.53 Å². The summed E-state index contributed by atoms with van der Waals surface area (Å²) in [6.45, 7) is 0.260. The van der Waals surface area contributed by atoms with E-state index in [0.29, 0.717) is 0 Å². The highest BCUT2D eigenvalue weighted by Crippen LogP contribution is 2.14. The highest BCUT2D eigenvalue weighted by Gasteiger charge is 2.35. The molecule has 96 valence electrons. The lowest BCUT2D eigenvalue weighted by Gasteiger charge is -2.14. The molecule has 0 radical (unpaired) electrons. The second-order valence-corrected chi connectivity index (χ2v) is 4.19. The first-order valence-electron chi connectivity index (χ1n) is 5.18. The number of nitrogens with zero attached hydrogens (tertiary/aromatic N) is 2. The molecule has 2 heterocycles. The Labute approximate surface area is 107 Å². The van der Waals surface area contributed by atoms with Crippen molar-refractivity contribution in [1.29, 1.82) is 0 Å². The zero-order valence-electron chi connectivity index (χ0n) is 9.17. The van der Waals surface area contributed by atoms with Crippen LogP contribution in [0.1, 0.15) is 10.5 Å². The molecular weight excluding hydrogens is 262 g/mol. The van der Waals surface area contributed by atoms with E-state index in [0.717, 1.165) is 0 Å². The Bertz CT molecular complexity index is 465. The van der Waals surface area contributed by atoms with Gasteiger partial charge in [-0.25, -0.2) is 0 Å². The Hall–Kier alpha value is -1.73. The van der Waals surface area contributed by atoms with Crippen LogP contribution < -0.4 is 5.32 Å². The van der Waals surface area contributed by atoms with Gasteiger partial charge in [-0.2, -0.15) is 0 Å². The number of rotatable bonds is 3. The predicted molar refractivity (Wildman–Crippen MR) is 60.2 cm³/mol. The van der Waals surface area contributed by atoms with Crippen molar-refractivity contribution >= 4 is 23.5 Å². The summed E-state index contributed by atoms with van der Waals surface area (Å²) in [4.78, 5) is 22.7. The summed E-state index contributed by atoms with van der Waals surface area (Å²) in [6.07, 6.45) is 0. The number of ether oxygens (including phenoxy) is 1. The predicted octanol–water partition coefficient (Wildman–Crippen LogP) is -0.0406. The average molecular weight is 272 g/mol. The number of nitrogens with one attached hydrogen (secondary N) is 1. The van der Waals surface area contributed by atoms with Gasteiger partial charge in [0.1, 0.15) is 5.92 Å². The summed E-state index contributed by atoms with van der Waals surface area (Å²) in [6, 6.07) is 2.28. The molecule has 18 heavy (non-hydrogen) atoms. The number of carbonyl (C=O) groups excluding carboxylic acids is 1. The maximum atomic E-state index is 11.8. The molecular formula is C10H10ClN3O4. The summed E-state index contributed by atoms with van der Waals surface area (Å²) in [7, 11) is 0. The van der Waals surface area contributed by atoms with E-state index in [1.54, 1.807) is 0 Å². The highest BCUT2D eigenvalue weighted by molar-refractivity contribution is 6.29. The fourth-order valence-electron chi connectivity index (χ4n) is 1.62. The summed E-state index contributed by atoms with van der Waals surface area (Å²) >= 11 is 5.55. The van der Waals surface area contributed by atoms with Crippen molar-refractivity contribution in [2.75, 3.05) is 13.2 Å². The van der Waals surface area contributed by atoms with Crippen molar-refractivity contribution in [1.82, 2.24) is 15.5 Å². The van der Waals surface area contributed by atoms with Gasteiger partial charge in [0.05, 0.1) is 19.3 Å². The standard InChI is InChI=1S/C10H10ClN3O4/c11-8-2-1-6(13-14-8)9(15)12-7-4-18-3-5(7)10(16)17/h1-2,5,7H,3-4H2,(H,12,15)(H,16,17). The van der Waals surface area contributed by atoms with Crippen molar-refractivity contribution in [2.45, 2.75) is 6.04 Å². The van der Waals surface area contributed by atoms with E-state index in [9.17, 15) is 9.59 Å². The summed E-state index contributed by atoms with van der Waals surface area (Å²) in [5.74, 6) is -2.24. The maximum Gasteiger partial charge on any atom is 0.311 e. The van der Waals surface area contributed by atoms with E-state index in [1.165, 1.54) is 12.1 Å². The number of hydrogen-bond acceptors (Lipinski definition) is 5. The molecule has 0 bridgehead atoms. The van der Waals surface area contributed by atoms with Crippen molar-refractivity contribution in [3.63, 3.8) is 0 Å². The van der Waals surface area contributed by atoms with E-state index in [4.69, 9.17) is 21.4 Å². The Morgan fingerprint density at radius 1 is 1.39 bits per heavy atom. The van der Waals surface area contributed by atoms with Gasteiger partial charge >= 0.3 is 5.97 Å². The van der Waals surface area contributed by atoms with Gasteiger partial charge in [0.25, 0.3) is 5.91 Å². The summed E-state index contributed by atoms with van der Waals surface area (Å²) < 4.78 is 5.03. The van der Waals surface area contributed by atoms with Gasteiger partial charge in [0.15, 0.2) is 10.8 Å². The molecule has 1 aliphatic heterocycles. The molecule has 8 heteroatoms. The number of carboxylic acid groups (broad SMARTS) is 1. The minimum atomic E-state index is -1.00. The second-order valence-electron chi connectivity index (χ2n) is 3.80. The molecule has 0 aliphatic carbocycles. The fourth-order valence-corrected chi connectivity index (χ4v) is 1.72. The Morgan fingerprint density at radius 2 is 2.17 bits per heavy atom. The van der Waals surface area contributed by atoms with Gasteiger partial charge in [-0.3, -0.25) is 9.59 Å². The first-order chi connectivity index (χ1) is 8.58. The molecule has 2 N–H and O–H groups in total. The quantitative estimate of drug-likeness (QED) is 0.800. The zero-order valence-corrected chi connectivity index (χ0v) is 9.92. The number of aliphatic carboxylic acids is 1. The lowest BCUT2D eigenvalue weighted by Crippen LogP contribution is -2.43. The average Bonchev–Trinajstić information content (AvgIpc) is 2.78. The molecule has 2 atom stereocenters. The van der Waals surface area contributed by atoms with Crippen LogP contribution >= 0.6 is 11.6 Å². The maximum absolute atomic E-state index is 11.8. The smallest absolute Gasteiger partial charge is 0.311 e. The third kappa shape index (κ3) is 2.74. The molecule has 1 aromatic heterocycles. The van der Waals surface area contributed by atoms with E-state index in [1.807, 2.05) is 0 Å². The normalized spacial score (nSPS) is 22.7. The second kappa shape index (κ2) is 5.28. The Morgan fingerprint density at radius 3 is 2.78 bits per heavy atom. The third-order valence-corrected chi connectivity index (χ3v) is 2.78. The van der Waals surface area contributed by atoms with Crippen molar-refractivity contribution in [3.8, 4) is 0 Å². The lowest BCUT2D eigenvalue weighted by molar-refractivity contribution is -0.142. The number of carboxylic acids is 1. The van der Waals surface area contributed by atoms with Gasteiger partial charge < -0.3 is 15.2 Å². The van der Waals surface area contributed by atoms with Crippen LogP contribution in [0.25, 0.3) is 0 Å². The molecule has 1 fully saturated rings. The Kier molecular flexibility index (Phi) is 3.73. The van der Waals surface area contributed by atoms with Crippen LogP contribution in [0.2, 0.25) is 5.15 Å². The lowest BCUT2D eigenvalue weighted by atomic mass is 10.0. The van der Waals surface area contributed by atoms with Gasteiger partial charge in [-0.05, 0) is 12.1 Å². The minimum Gasteiger partial charge on any atom is -0.481 e. The first kappa shape index (κ1) is 12.7. The molecule has 0 saturated carbocycles. The monoisotopic (exact) mass is 271 g/mol. The zero-order chi connectivity index (χ0) is 13.1. The SMILES string of the molecule is O=C(NC1COCC1C(=O)O)c1ccc(Cl)nn1. The van der Waals surface area contributed by atoms with Gasteiger partial charge in [-0.1, -0.05) is 11.6 Å². The van der Waals surface area contributed by atoms with Gasteiger partial charge in [-0.15, -0.1) is 10.2 Å². The van der Waals surface area contributed by atoms with Crippen molar-refractivity contribution in [2.24, 2.45) is 5.92 Å². The third-order valence-electron chi connectivity index (χ3n) is 2.58. The van der Waals surface area contributed by atoms with Gasteiger partial charge in [0.2, 0.25) is 0 Å². The van der Waals surface area contributed by atoms with Crippen molar-refractivity contribution in [3.05, 3.63) is 23.0 Å². The van der Waals surface area contributed by atoms with E-state index >= 15 is 0 Å². The minimum absolute atomic E-state index is 0.0791. The van der Waals surface area contributed by atoms with Crippen molar-refractivity contribution < 1.29 is 19.4 Å². The van der Waals surface area contributed by atoms with E-state index < -0.39 is 23.8 Å². The molecule has 1 amide bonds. The van der Waals surface area contributed by atoms with Crippen LogP contribution in [0, 0.1) is 5.92 Å². The molecule has 2 unspecified atom stereocenters. The molecule has 0 spiro atoms. The van der Waals surface area contributed by atoms with Crippen LogP contribution in [0.15, 0.2) is 12.1 Å². The van der Waals surface area contributed by atoms with E-state index in [2.05, 4.69) is 15.5 Å². The molecule has 0 aromatic carbocycles. The van der Waals surface area contributed by atoms with Crippen LogP contribution in [0.4, 0.5) is 0 Å².